The fraction of sp³-hybridized carbons (Fsp3) is 0.105. The van der Waals surface area contributed by atoms with E-state index in [1.54, 1.807) is 11.3 Å². The zero-order chi connectivity index (χ0) is 16.5. The molecule has 2 aromatic heterocycles. The van der Waals surface area contributed by atoms with Crippen LogP contribution in [0.5, 0.6) is 0 Å². The van der Waals surface area contributed by atoms with Gasteiger partial charge >= 0.3 is 0 Å². The fourth-order valence-electron chi connectivity index (χ4n) is 2.55. The van der Waals surface area contributed by atoms with Gasteiger partial charge in [-0.15, -0.1) is 11.3 Å². The average molecular weight is 398 g/mol. The monoisotopic (exact) mass is 397 g/mol. The van der Waals surface area contributed by atoms with Crippen molar-refractivity contribution in [2.45, 2.75) is 11.2 Å². The van der Waals surface area contributed by atoms with Gasteiger partial charge in [0.15, 0.2) is 11.5 Å². The highest BCUT2D eigenvalue weighted by atomic mass is 79.9. The molecule has 0 spiro atoms. The molecule has 3 heterocycles. The number of allylic oxidation sites excluding steroid dienone is 6. The Morgan fingerprint density at radius 3 is 3.25 bits per heavy atom. The van der Waals surface area contributed by atoms with E-state index in [4.69, 9.17) is 4.74 Å². The summed E-state index contributed by atoms with van der Waals surface area (Å²) in [6, 6.07) is 3.99. The van der Waals surface area contributed by atoms with Crippen LogP contribution in [-0.2, 0) is 9.53 Å². The van der Waals surface area contributed by atoms with Gasteiger partial charge in [0, 0.05) is 34.4 Å². The average Bonchev–Trinajstić information content (AvgIpc) is 3.01. The Morgan fingerprint density at radius 1 is 1.42 bits per heavy atom. The van der Waals surface area contributed by atoms with Crippen molar-refractivity contribution in [2.24, 2.45) is 0 Å². The van der Waals surface area contributed by atoms with Crippen LogP contribution in [0.3, 0.4) is 0 Å². The van der Waals surface area contributed by atoms with Gasteiger partial charge in [-0.3, -0.25) is 9.78 Å². The van der Waals surface area contributed by atoms with Crippen LogP contribution in [-0.4, -0.2) is 15.6 Å². The van der Waals surface area contributed by atoms with E-state index >= 15 is 0 Å². The molecule has 0 N–H and O–H groups in total. The second-order valence-corrected chi connectivity index (χ2v) is 7.45. The van der Waals surface area contributed by atoms with Crippen LogP contribution >= 0.6 is 27.3 Å². The van der Waals surface area contributed by atoms with Gasteiger partial charge in [0.2, 0.25) is 0 Å². The molecule has 118 valence electrons. The third-order valence-electron chi connectivity index (χ3n) is 3.76. The number of hydrogen-bond acceptors (Lipinski definition) is 4. The molecule has 1 atom stereocenters. The summed E-state index contributed by atoms with van der Waals surface area (Å²) in [4.78, 5) is 16.9. The summed E-state index contributed by atoms with van der Waals surface area (Å²) in [5.74, 6) is 1.11. The van der Waals surface area contributed by atoms with E-state index in [2.05, 4.69) is 26.6 Å². The molecule has 5 heteroatoms. The molecule has 1 aliphatic carbocycles. The highest BCUT2D eigenvalue weighted by molar-refractivity contribution is 9.09. The SMILES string of the molecule is O=C1C=C=C(c2cc3sccc3cn2)O/C2=C/C=CC(Br)/C=C/1C2. The number of hydrogen-bond donors (Lipinski definition) is 0. The number of ether oxygens (including phenoxy) is 1. The fourth-order valence-corrected chi connectivity index (χ4v) is 3.84. The Morgan fingerprint density at radius 2 is 2.33 bits per heavy atom. The first-order chi connectivity index (χ1) is 11.7. The van der Waals surface area contributed by atoms with Gasteiger partial charge in [-0.2, -0.15) is 0 Å². The minimum absolute atomic E-state index is 0.0356. The topological polar surface area (TPSA) is 39.2 Å². The lowest BCUT2D eigenvalue weighted by Gasteiger charge is -2.16. The van der Waals surface area contributed by atoms with Gasteiger partial charge in [-0.25, -0.2) is 0 Å². The Hall–Kier alpha value is -2.20. The van der Waals surface area contributed by atoms with Gasteiger partial charge in [0.05, 0.1) is 4.83 Å². The number of pyridine rings is 1. The van der Waals surface area contributed by atoms with E-state index in [-0.39, 0.29) is 10.6 Å². The van der Waals surface area contributed by atoms with E-state index in [0.29, 0.717) is 29.2 Å². The zero-order valence-corrected chi connectivity index (χ0v) is 14.9. The minimum Gasteiger partial charge on any atom is -0.451 e. The third kappa shape index (κ3) is 3.06. The van der Waals surface area contributed by atoms with Crippen LogP contribution in [0.4, 0.5) is 0 Å². The van der Waals surface area contributed by atoms with E-state index in [9.17, 15) is 4.79 Å². The van der Waals surface area contributed by atoms with Crippen molar-refractivity contribution in [3.63, 3.8) is 0 Å². The minimum atomic E-state index is -0.0568. The molecular formula is C19H12BrNO2S. The molecule has 0 aromatic carbocycles. The standard InChI is InChI=1S/C19H12BrNO2S/c20-14-2-1-3-15-9-13(8-14)17(22)4-5-18(23-15)16-10-19-12(11-21-16)6-7-24-19/h1-4,6-8,10-11,14H,9H2/b2-1?,13-8+,15-3+. The van der Waals surface area contributed by atoms with Gasteiger partial charge in [0.25, 0.3) is 0 Å². The quantitative estimate of drug-likeness (QED) is 0.505. The van der Waals surface area contributed by atoms with Gasteiger partial charge in [-0.1, -0.05) is 39.9 Å². The van der Waals surface area contributed by atoms with Crippen LogP contribution in [0.25, 0.3) is 15.8 Å². The number of aromatic nitrogens is 1. The third-order valence-corrected chi connectivity index (χ3v) is 5.21. The van der Waals surface area contributed by atoms with Crippen LogP contribution in [0.2, 0.25) is 0 Å². The summed E-state index contributed by atoms with van der Waals surface area (Å²) < 4.78 is 7.14. The van der Waals surface area contributed by atoms with Crippen molar-refractivity contribution in [3.8, 4) is 0 Å². The Kier molecular flexibility index (Phi) is 4.07. The molecule has 1 aliphatic heterocycles. The number of alkyl halides is 1. The molecule has 0 saturated carbocycles. The summed E-state index contributed by atoms with van der Waals surface area (Å²) in [6.07, 6.45) is 11.4. The number of carbonyl (C=O) groups is 1. The number of fused-ring (bicyclic) bond motifs is 3. The number of nitrogens with zero attached hydrogens (tertiary/aromatic N) is 1. The summed E-state index contributed by atoms with van der Waals surface area (Å²) in [6.45, 7) is 0. The summed E-state index contributed by atoms with van der Waals surface area (Å²) >= 11 is 5.15. The normalized spacial score (nSPS) is 24.6. The van der Waals surface area contributed by atoms with Crippen LogP contribution in [0.15, 0.2) is 71.2 Å². The molecule has 2 bridgehead atoms. The lowest BCUT2D eigenvalue weighted by atomic mass is 10.0. The molecule has 2 aromatic rings. The lowest BCUT2D eigenvalue weighted by Crippen LogP contribution is -2.08. The maximum Gasteiger partial charge on any atom is 0.195 e. The first-order valence-electron chi connectivity index (χ1n) is 7.44. The van der Waals surface area contributed by atoms with E-state index in [0.717, 1.165) is 10.1 Å². The largest absolute Gasteiger partial charge is 0.451 e. The van der Waals surface area contributed by atoms with Crippen molar-refractivity contribution < 1.29 is 9.53 Å². The van der Waals surface area contributed by atoms with Gasteiger partial charge in [0.1, 0.15) is 11.5 Å². The predicted molar refractivity (Wildman–Crippen MR) is 99.8 cm³/mol. The molecule has 1 unspecified atom stereocenters. The lowest BCUT2D eigenvalue weighted by molar-refractivity contribution is -0.111. The predicted octanol–water partition coefficient (Wildman–Crippen LogP) is 4.93. The molecule has 24 heavy (non-hydrogen) atoms. The molecule has 3 nitrogen and oxygen atoms in total. The second-order valence-electron chi connectivity index (χ2n) is 5.44. The number of ketones is 1. The highest BCUT2D eigenvalue weighted by Crippen LogP contribution is 2.29. The van der Waals surface area contributed by atoms with Gasteiger partial charge in [-0.05, 0) is 23.6 Å². The molecule has 2 aliphatic rings. The maximum atomic E-state index is 12.4. The summed E-state index contributed by atoms with van der Waals surface area (Å²) in [7, 11) is 0. The van der Waals surface area contributed by atoms with Crippen LogP contribution in [0.1, 0.15) is 12.1 Å². The smallest absolute Gasteiger partial charge is 0.195 e. The van der Waals surface area contributed by atoms with Crippen molar-refractivity contribution in [3.05, 3.63) is 76.8 Å². The number of carbonyl (C=O) groups excluding carboxylic acids is 1. The summed E-state index contributed by atoms with van der Waals surface area (Å²) in [5.41, 5.74) is 4.35. The highest BCUT2D eigenvalue weighted by Gasteiger charge is 2.18. The molecule has 0 saturated heterocycles. The van der Waals surface area contributed by atoms with E-state index in [1.165, 1.54) is 6.08 Å². The van der Waals surface area contributed by atoms with E-state index < -0.39 is 0 Å². The molecule has 4 rings (SSSR count). The Bertz CT molecular complexity index is 990. The van der Waals surface area contributed by atoms with Gasteiger partial charge < -0.3 is 4.74 Å². The van der Waals surface area contributed by atoms with Crippen molar-refractivity contribution in [1.29, 1.82) is 0 Å². The first-order valence-corrected chi connectivity index (χ1v) is 9.23. The first kappa shape index (κ1) is 15.3. The van der Waals surface area contributed by atoms with Crippen LogP contribution < -0.4 is 0 Å². The van der Waals surface area contributed by atoms with E-state index in [1.807, 2.05) is 48.0 Å². The Labute approximate surface area is 151 Å². The zero-order valence-electron chi connectivity index (χ0n) is 12.5. The van der Waals surface area contributed by atoms with Crippen molar-refractivity contribution >= 4 is 48.9 Å². The van der Waals surface area contributed by atoms with Crippen molar-refractivity contribution in [1.82, 2.24) is 4.98 Å². The van der Waals surface area contributed by atoms with Crippen LogP contribution in [0, 0.1) is 0 Å². The number of rotatable bonds is 1. The maximum absolute atomic E-state index is 12.4. The number of halogens is 1. The summed E-state index contributed by atoms with van der Waals surface area (Å²) in [5, 5.41) is 3.12. The number of thiophene rings is 1. The van der Waals surface area contributed by atoms with Crippen molar-refractivity contribution in [2.75, 3.05) is 0 Å². The molecule has 0 amide bonds. The Balaban J connectivity index is 1.82. The second kappa shape index (κ2) is 6.36. The molecule has 0 fully saturated rings. The molecular weight excluding hydrogens is 386 g/mol. The molecule has 0 radical (unpaired) electrons.